The third kappa shape index (κ3) is 19200. The van der Waals surface area contributed by atoms with E-state index in [1.807, 2.05) is 0 Å². The molecule has 49 heteroatoms. The predicted molar refractivity (Wildman–Crippen MR) is 161 cm³/mol. The van der Waals surface area contributed by atoms with E-state index < -0.39 is 99.1 Å². The smallest absolute Gasteiger partial charge is 0.314 e. The van der Waals surface area contributed by atoms with Crippen molar-refractivity contribution in [2.24, 2.45) is 0 Å². The number of hydrogen-bond acceptors (Lipinski definition) is 12. The molecule has 0 aliphatic rings. The van der Waals surface area contributed by atoms with Crippen molar-refractivity contribution in [2.45, 2.75) is 0 Å². The molecule has 49 heavy (non-hydrogen) atoms. The van der Waals surface area contributed by atoms with Crippen molar-refractivity contribution in [3.05, 3.63) is 0 Å². The van der Waals surface area contributed by atoms with Gasteiger partial charge in [-0.05, 0) is 0 Å². The second kappa shape index (κ2) is 83.5. The first-order valence-corrected chi connectivity index (χ1v) is 23.4. The van der Waals surface area contributed by atoms with E-state index in [0.717, 1.165) is 0 Å². The summed E-state index contributed by atoms with van der Waals surface area (Å²) < 4.78 is 105. The molecule has 0 rings (SSSR count). The molecule has 0 aliphatic carbocycles. The molecule has 0 saturated carbocycles. The van der Waals surface area contributed by atoms with Gasteiger partial charge in [0.05, 0.1) is 0 Å². The van der Waals surface area contributed by atoms with Crippen molar-refractivity contribution in [1.29, 1.82) is 0 Å². The summed E-state index contributed by atoms with van der Waals surface area (Å²) in [6.45, 7) is 0. The molecule has 0 atom stereocenters. The van der Waals surface area contributed by atoms with E-state index in [9.17, 15) is 0 Å². The van der Waals surface area contributed by atoms with E-state index in [1.54, 1.807) is 0 Å². The Hall–Kier alpha value is 2.49. The van der Waals surface area contributed by atoms with Gasteiger partial charge in [0.25, 0.3) is 0 Å². The van der Waals surface area contributed by atoms with Crippen LogP contribution in [0.15, 0.2) is 0 Å². The normalized spacial score (nSPS) is 8.57. The van der Waals surface area contributed by atoms with Crippen LogP contribution in [0.1, 0.15) is 0 Å². The molecule has 0 aromatic carbocycles. The monoisotopic (exact) mass is 1080 g/mol. The average Bonchev–Trinajstić information content (AvgIpc) is 2.61. The third-order valence-corrected chi connectivity index (χ3v) is 0. The number of rotatable bonds is 0. The summed E-state index contributed by atoms with van der Waals surface area (Å²) in [5.41, 5.74) is 0. The van der Waals surface area contributed by atoms with Gasteiger partial charge in [0.15, 0.2) is 0 Å². The quantitative estimate of drug-likeness (QED) is 0.0791. The molecule has 24 N–H and O–H groups in total. The summed E-state index contributed by atoms with van der Waals surface area (Å²) in [6.07, 6.45) is 0. The van der Waals surface area contributed by atoms with Crippen LogP contribution in [0, 0.1) is 0 Å². The Bertz CT molecular complexity index is 580. The zero-order valence-electron chi connectivity index (χ0n) is 22.0. The first kappa shape index (κ1) is 88.6. The van der Waals surface area contributed by atoms with Crippen molar-refractivity contribution in [2.75, 3.05) is 0 Å². The van der Waals surface area contributed by atoms with Crippen LogP contribution in [-0.4, -0.2) is 117 Å². The van der Waals surface area contributed by atoms with Gasteiger partial charge in [-0.15, -0.1) is 0 Å². The molecular weight excluding hydrogens is 1040 g/mol. The first-order chi connectivity index (χ1) is 20.8. The van der Waals surface area contributed by atoms with E-state index in [-0.39, 0.29) is 21.1 Å². The van der Waals surface area contributed by atoms with E-state index in [0.29, 0.717) is 0 Å². The van der Waals surface area contributed by atoms with Gasteiger partial charge in [-0.2, -0.15) is 0 Å². The molecule has 36 nitrogen and oxygen atoms in total. The summed E-state index contributed by atoms with van der Waals surface area (Å²) in [5, 5.41) is 0. The van der Waals surface area contributed by atoms with Gasteiger partial charge in [0.2, 0.25) is 0 Å². The minimum absolute atomic E-state index is 0. The van der Waals surface area contributed by atoms with E-state index in [2.05, 4.69) is 0 Å². The van der Waals surface area contributed by atoms with Crippen LogP contribution in [-0.2, 0) is 75.8 Å². The summed E-state index contributed by atoms with van der Waals surface area (Å²) in [4.78, 5) is 172. The topological polar surface area (TPSA) is 690 Å². The van der Waals surface area contributed by atoms with Crippen molar-refractivity contribution in [1.82, 2.24) is 0 Å². The van der Waals surface area contributed by atoms with Crippen LogP contribution in [0.2, 0.25) is 0 Å². The second-order valence-corrected chi connectivity index (χ2v) is 10.2. The maximum absolute atomic E-state index is 8.74. The standard InChI is InChI=1S/Mo.12H3O3P/c;12*1-4(2)3/h;12*4H,(H2,1,2,3). The Kier molecular flexibility index (Phi) is 151. The van der Waals surface area contributed by atoms with Crippen LogP contribution in [0.3, 0.4) is 0 Å². The maximum Gasteiger partial charge on any atom is 0.314 e. The van der Waals surface area contributed by atoms with Crippen LogP contribution in [0.4, 0.5) is 0 Å². The van der Waals surface area contributed by atoms with Crippen LogP contribution in [0.5, 0.6) is 0 Å². The molecular formula is H36MoO36P12. The van der Waals surface area contributed by atoms with E-state index >= 15 is 0 Å². The summed E-state index contributed by atoms with van der Waals surface area (Å²) in [7, 11) is -37.6. The molecule has 0 saturated heterocycles. The van der Waals surface area contributed by atoms with Gasteiger partial charge in [-0.25, -0.2) is 0 Å². The Morgan fingerprint density at radius 3 is 0.143 bits per heavy atom. The Morgan fingerprint density at radius 1 is 0.143 bits per heavy atom. The minimum atomic E-state index is -3.13. The molecule has 318 valence electrons. The molecule has 0 aromatic rings. The first-order valence-electron chi connectivity index (χ1n) is 7.82. The second-order valence-electron chi connectivity index (χ2n) is 3.39. The molecule has 0 aromatic heterocycles. The molecule has 0 radical (unpaired) electrons. The molecule has 0 spiro atoms. The zero-order valence-corrected chi connectivity index (χ0v) is 36.0. The van der Waals surface area contributed by atoms with Crippen molar-refractivity contribution < 1.29 is 193 Å². The Labute approximate surface area is 291 Å². The number of hydrogen-bond donors (Lipinski definition) is 24. The van der Waals surface area contributed by atoms with E-state index in [4.69, 9.17) is 172 Å². The van der Waals surface area contributed by atoms with Crippen LogP contribution in [0.25, 0.3) is 0 Å². The average molecular weight is 1080 g/mol. The van der Waals surface area contributed by atoms with Gasteiger partial charge < -0.3 is 117 Å². The summed E-state index contributed by atoms with van der Waals surface area (Å²) in [5.74, 6) is 0. The largest absolute Gasteiger partial charge is 0.326 e. The van der Waals surface area contributed by atoms with Gasteiger partial charge in [0, 0.05) is 21.1 Å². The zero-order chi connectivity index (χ0) is 42.9. The molecule has 0 aliphatic heterocycles. The van der Waals surface area contributed by atoms with Crippen molar-refractivity contribution in [3.8, 4) is 0 Å². The fourth-order valence-electron chi connectivity index (χ4n) is 0. The molecule has 0 heterocycles. The maximum atomic E-state index is 8.74. The Balaban J connectivity index is -0.0000000262. The van der Waals surface area contributed by atoms with Gasteiger partial charge in [-0.3, -0.25) is 54.8 Å². The van der Waals surface area contributed by atoms with Crippen LogP contribution >= 0.6 is 99.1 Å². The SMILES string of the molecule is O=[PH](O)O.O=[PH](O)O.O=[PH](O)O.O=[PH](O)O.O=[PH](O)O.O=[PH](O)O.O=[PH](O)O.O=[PH](O)O.O=[PH](O)O.O=[PH](O)O.O=[PH](O)O.O=[PH](O)O.[Mo]. The third-order valence-electron chi connectivity index (χ3n) is 0. The Morgan fingerprint density at radius 2 is 0.143 bits per heavy atom. The van der Waals surface area contributed by atoms with Gasteiger partial charge in [0.1, 0.15) is 0 Å². The van der Waals surface area contributed by atoms with E-state index in [1.165, 1.54) is 0 Å². The molecule has 0 fully saturated rings. The summed E-state index contributed by atoms with van der Waals surface area (Å²) >= 11 is 0. The fourth-order valence-corrected chi connectivity index (χ4v) is 0. The molecule has 0 amide bonds. The van der Waals surface area contributed by atoms with Gasteiger partial charge >= 0.3 is 99.1 Å². The minimum Gasteiger partial charge on any atom is -0.326 e. The summed E-state index contributed by atoms with van der Waals surface area (Å²) in [6, 6.07) is 0. The predicted octanol–water partition coefficient (Wildman–Crippen LogP) is -7.67. The van der Waals surface area contributed by atoms with Crippen molar-refractivity contribution in [3.63, 3.8) is 0 Å². The fraction of sp³-hybridized carbons (Fsp3) is 0. The molecule has 0 unspecified atom stereocenters. The van der Waals surface area contributed by atoms with Gasteiger partial charge in [-0.1, -0.05) is 0 Å². The van der Waals surface area contributed by atoms with Crippen LogP contribution < -0.4 is 0 Å². The molecule has 0 bridgehead atoms. The van der Waals surface area contributed by atoms with Crippen molar-refractivity contribution >= 4 is 99.1 Å².